The Labute approximate surface area is 114 Å². The van der Waals surface area contributed by atoms with Crippen LogP contribution in [-0.4, -0.2) is 23.0 Å². The molecule has 110 valence electrons. The highest BCUT2D eigenvalue weighted by molar-refractivity contribution is 6.02. The Kier molecular flexibility index (Phi) is 4.44. The number of carbonyl (C=O) groups is 2. The molecule has 0 aromatic heterocycles. The minimum absolute atomic E-state index is 0.332. The van der Waals surface area contributed by atoms with Gasteiger partial charge in [-0.2, -0.15) is 0 Å². The van der Waals surface area contributed by atoms with Crippen molar-refractivity contribution in [3.8, 4) is 0 Å². The third kappa shape index (κ3) is 3.51. The normalized spacial score (nSPS) is 12.9. The second kappa shape index (κ2) is 5.54. The van der Waals surface area contributed by atoms with Crippen LogP contribution in [0.5, 0.6) is 0 Å². The van der Waals surface area contributed by atoms with Gasteiger partial charge in [-0.25, -0.2) is 13.6 Å². The lowest BCUT2D eigenvalue weighted by Crippen LogP contribution is -2.45. The van der Waals surface area contributed by atoms with Gasteiger partial charge >= 0.3 is 5.97 Å². The molecule has 5 nitrogen and oxygen atoms in total. The first kappa shape index (κ1) is 16.0. The molecule has 0 bridgehead atoms. The van der Waals surface area contributed by atoms with Crippen molar-refractivity contribution in [3.05, 3.63) is 29.3 Å². The zero-order chi connectivity index (χ0) is 15.7. The van der Waals surface area contributed by atoms with Gasteiger partial charge < -0.3 is 16.2 Å². The van der Waals surface area contributed by atoms with E-state index in [1.807, 2.05) is 0 Å². The minimum atomic E-state index is -1.48. The highest BCUT2D eigenvalue weighted by Crippen LogP contribution is 2.23. The largest absolute Gasteiger partial charge is 0.478 e. The number of nitrogens with two attached hydrogens (primary N) is 1. The molecule has 1 aromatic rings. The van der Waals surface area contributed by atoms with Gasteiger partial charge in [-0.15, -0.1) is 0 Å². The lowest BCUT2D eigenvalue weighted by Gasteiger charge is -2.26. The molecule has 0 saturated heterocycles. The summed E-state index contributed by atoms with van der Waals surface area (Å²) < 4.78 is 26.2. The first-order valence-electron chi connectivity index (χ1n) is 5.83. The van der Waals surface area contributed by atoms with E-state index in [4.69, 9.17) is 10.8 Å². The van der Waals surface area contributed by atoms with Crippen LogP contribution in [0.15, 0.2) is 12.1 Å². The number of hydrogen-bond acceptors (Lipinski definition) is 3. The Bertz CT molecular complexity index is 553. The van der Waals surface area contributed by atoms with Gasteiger partial charge in [0.05, 0.1) is 17.3 Å². The zero-order valence-electron chi connectivity index (χ0n) is 11.3. The van der Waals surface area contributed by atoms with E-state index >= 15 is 0 Å². The van der Waals surface area contributed by atoms with Gasteiger partial charge in [0.15, 0.2) is 11.6 Å². The molecule has 7 heteroatoms. The number of carboxylic acid groups (broad SMARTS) is 1. The Morgan fingerprint density at radius 2 is 1.75 bits per heavy atom. The summed E-state index contributed by atoms with van der Waals surface area (Å²) in [7, 11) is 0. The van der Waals surface area contributed by atoms with Gasteiger partial charge in [-0.3, -0.25) is 4.79 Å². The zero-order valence-corrected chi connectivity index (χ0v) is 11.3. The molecule has 0 aliphatic rings. The maximum Gasteiger partial charge on any atom is 0.337 e. The number of anilines is 1. The predicted molar refractivity (Wildman–Crippen MR) is 69.4 cm³/mol. The lowest BCUT2D eigenvalue weighted by molar-refractivity contribution is -0.119. The Hall–Kier alpha value is -2.02. The standard InChI is InChI=1S/C13H16F2N2O3/c1-13(2,3)10(16)11(18)17-9-5-8(15)7(14)4-6(9)12(19)20/h4-5,10H,16H2,1-3H3,(H,17,18)(H,19,20). The number of halogens is 2. The van der Waals surface area contributed by atoms with Gasteiger partial charge in [0.25, 0.3) is 0 Å². The van der Waals surface area contributed by atoms with E-state index in [-0.39, 0.29) is 5.69 Å². The van der Waals surface area contributed by atoms with Gasteiger partial charge in [-0.05, 0) is 11.5 Å². The maximum absolute atomic E-state index is 13.2. The SMILES string of the molecule is CC(C)(C)C(N)C(=O)Nc1cc(F)c(F)cc1C(=O)O. The van der Waals surface area contributed by atoms with Crippen LogP contribution < -0.4 is 11.1 Å². The quantitative estimate of drug-likeness (QED) is 0.792. The molecular weight excluding hydrogens is 270 g/mol. The Morgan fingerprint density at radius 3 is 2.20 bits per heavy atom. The summed E-state index contributed by atoms with van der Waals surface area (Å²) in [4.78, 5) is 22.8. The van der Waals surface area contributed by atoms with Crippen LogP contribution >= 0.6 is 0 Å². The Morgan fingerprint density at radius 1 is 1.25 bits per heavy atom. The van der Waals surface area contributed by atoms with Crippen molar-refractivity contribution in [1.29, 1.82) is 0 Å². The monoisotopic (exact) mass is 286 g/mol. The second-order valence-electron chi connectivity index (χ2n) is 5.45. The van der Waals surface area contributed by atoms with Crippen molar-refractivity contribution in [2.45, 2.75) is 26.8 Å². The smallest absolute Gasteiger partial charge is 0.337 e. The molecule has 1 amide bonds. The molecule has 0 aliphatic heterocycles. The molecule has 1 aromatic carbocycles. The van der Waals surface area contributed by atoms with E-state index < -0.39 is 40.5 Å². The van der Waals surface area contributed by atoms with Crippen LogP contribution in [0.2, 0.25) is 0 Å². The highest BCUT2D eigenvalue weighted by atomic mass is 19.2. The summed E-state index contributed by atoms with van der Waals surface area (Å²) in [6.45, 7) is 5.17. The molecule has 0 radical (unpaired) electrons. The van der Waals surface area contributed by atoms with E-state index in [1.165, 1.54) is 0 Å². The number of hydrogen-bond donors (Lipinski definition) is 3. The topological polar surface area (TPSA) is 92.4 Å². The van der Waals surface area contributed by atoms with Gasteiger partial charge in [0, 0.05) is 6.07 Å². The summed E-state index contributed by atoms with van der Waals surface area (Å²) in [5.74, 6) is -4.72. The number of nitrogens with one attached hydrogen (secondary N) is 1. The van der Waals surface area contributed by atoms with Crippen LogP contribution in [0.4, 0.5) is 14.5 Å². The molecule has 0 aliphatic carbocycles. The summed E-state index contributed by atoms with van der Waals surface area (Å²) in [6.07, 6.45) is 0. The summed E-state index contributed by atoms with van der Waals surface area (Å²) in [6, 6.07) is 0.194. The van der Waals surface area contributed by atoms with Crippen LogP contribution in [0.1, 0.15) is 31.1 Å². The summed E-state index contributed by atoms with van der Waals surface area (Å²) in [5, 5.41) is 11.1. The number of carboxylic acids is 1. The third-order valence-electron chi connectivity index (χ3n) is 2.76. The van der Waals surface area contributed by atoms with Crippen LogP contribution in [-0.2, 0) is 4.79 Å². The first-order chi connectivity index (χ1) is 9.04. The van der Waals surface area contributed by atoms with Crippen molar-refractivity contribution in [2.75, 3.05) is 5.32 Å². The highest BCUT2D eigenvalue weighted by Gasteiger charge is 2.28. The van der Waals surface area contributed by atoms with Crippen molar-refractivity contribution < 1.29 is 23.5 Å². The van der Waals surface area contributed by atoms with Crippen LogP contribution in [0.3, 0.4) is 0 Å². The first-order valence-corrected chi connectivity index (χ1v) is 5.83. The molecule has 0 heterocycles. The Balaban J connectivity index is 3.12. The summed E-state index contributed by atoms with van der Waals surface area (Å²) in [5.41, 5.74) is 4.27. The number of amides is 1. The molecule has 0 saturated carbocycles. The fourth-order valence-corrected chi connectivity index (χ4v) is 1.43. The number of benzene rings is 1. The molecule has 1 rings (SSSR count). The van der Waals surface area contributed by atoms with Crippen molar-refractivity contribution in [3.63, 3.8) is 0 Å². The fraction of sp³-hybridized carbons (Fsp3) is 0.385. The molecule has 20 heavy (non-hydrogen) atoms. The van der Waals surface area contributed by atoms with E-state index in [2.05, 4.69) is 5.32 Å². The average Bonchev–Trinajstić information content (AvgIpc) is 2.30. The van der Waals surface area contributed by atoms with E-state index in [0.29, 0.717) is 12.1 Å². The lowest BCUT2D eigenvalue weighted by atomic mass is 9.87. The third-order valence-corrected chi connectivity index (χ3v) is 2.76. The predicted octanol–water partition coefficient (Wildman–Crippen LogP) is 1.97. The molecule has 4 N–H and O–H groups in total. The van der Waals surface area contributed by atoms with E-state index in [9.17, 15) is 18.4 Å². The van der Waals surface area contributed by atoms with Crippen LogP contribution in [0.25, 0.3) is 0 Å². The molecule has 1 atom stereocenters. The van der Waals surface area contributed by atoms with E-state index in [0.717, 1.165) is 0 Å². The number of aromatic carboxylic acids is 1. The van der Waals surface area contributed by atoms with E-state index in [1.54, 1.807) is 20.8 Å². The molecule has 0 spiro atoms. The van der Waals surface area contributed by atoms with Gasteiger partial charge in [0.2, 0.25) is 5.91 Å². The van der Waals surface area contributed by atoms with Crippen molar-refractivity contribution in [2.24, 2.45) is 11.1 Å². The molecule has 1 unspecified atom stereocenters. The van der Waals surface area contributed by atoms with Crippen LogP contribution in [0, 0.1) is 17.0 Å². The maximum atomic E-state index is 13.2. The number of carbonyl (C=O) groups excluding carboxylic acids is 1. The van der Waals surface area contributed by atoms with Gasteiger partial charge in [-0.1, -0.05) is 20.8 Å². The minimum Gasteiger partial charge on any atom is -0.478 e. The van der Waals surface area contributed by atoms with Crippen molar-refractivity contribution in [1.82, 2.24) is 0 Å². The molecule has 0 fully saturated rings. The second-order valence-corrected chi connectivity index (χ2v) is 5.45. The molecular formula is C13H16F2N2O3. The fourth-order valence-electron chi connectivity index (χ4n) is 1.43. The average molecular weight is 286 g/mol. The number of rotatable bonds is 3. The van der Waals surface area contributed by atoms with Gasteiger partial charge in [0.1, 0.15) is 0 Å². The van der Waals surface area contributed by atoms with Crippen molar-refractivity contribution >= 4 is 17.6 Å². The summed E-state index contributed by atoms with van der Waals surface area (Å²) >= 11 is 0.